The molecule has 7 heteroatoms. The molecule has 0 radical (unpaired) electrons. The van der Waals surface area contributed by atoms with Gasteiger partial charge in [-0.1, -0.05) is 30.3 Å². The van der Waals surface area contributed by atoms with Crippen molar-refractivity contribution in [3.05, 3.63) is 64.1 Å². The molecule has 0 fully saturated rings. The van der Waals surface area contributed by atoms with Gasteiger partial charge in [0.05, 0.1) is 0 Å². The molecular formula is C17H19N3O4. The van der Waals surface area contributed by atoms with Gasteiger partial charge in [-0.3, -0.25) is 9.59 Å². The standard InChI is InChI=1S/C17H19N3O4/c1-20-16(22)10-9-14(19-20)17(23)24-12-15(21)18-11-5-8-13-6-3-2-4-7-13/h2-4,6-7,9-10H,5,8,11-12H2,1H3,(H,18,21). The van der Waals surface area contributed by atoms with Crippen molar-refractivity contribution in [3.8, 4) is 0 Å². The van der Waals surface area contributed by atoms with Crippen molar-refractivity contribution in [3.63, 3.8) is 0 Å². The fourth-order valence-corrected chi connectivity index (χ4v) is 2.03. The summed E-state index contributed by atoms with van der Waals surface area (Å²) in [6, 6.07) is 12.4. The zero-order valence-corrected chi connectivity index (χ0v) is 13.4. The van der Waals surface area contributed by atoms with Crippen LogP contribution in [0.1, 0.15) is 22.5 Å². The highest BCUT2D eigenvalue weighted by Gasteiger charge is 2.12. The molecule has 0 atom stereocenters. The molecule has 0 aliphatic heterocycles. The van der Waals surface area contributed by atoms with E-state index in [1.807, 2.05) is 30.3 Å². The largest absolute Gasteiger partial charge is 0.451 e. The fourth-order valence-electron chi connectivity index (χ4n) is 2.03. The van der Waals surface area contributed by atoms with Gasteiger partial charge in [-0.15, -0.1) is 0 Å². The first-order chi connectivity index (χ1) is 11.6. The Kier molecular flexibility index (Phi) is 6.24. The number of rotatable bonds is 7. The minimum Gasteiger partial charge on any atom is -0.451 e. The zero-order valence-electron chi connectivity index (χ0n) is 13.4. The quantitative estimate of drug-likeness (QED) is 0.596. The van der Waals surface area contributed by atoms with Crippen molar-refractivity contribution >= 4 is 11.9 Å². The van der Waals surface area contributed by atoms with Gasteiger partial charge in [0.2, 0.25) is 0 Å². The highest BCUT2D eigenvalue weighted by atomic mass is 16.5. The van der Waals surface area contributed by atoms with Gasteiger partial charge in [-0.05, 0) is 24.5 Å². The number of nitrogens with zero attached hydrogens (tertiary/aromatic N) is 2. The maximum atomic E-state index is 11.7. The Morgan fingerprint density at radius 2 is 1.92 bits per heavy atom. The summed E-state index contributed by atoms with van der Waals surface area (Å²) in [6.07, 6.45) is 1.66. The van der Waals surface area contributed by atoms with Gasteiger partial charge in [0.1, 0.15) is 0 Å². The van der Waals surface area contributed by atoms with E-state index in [1.165, 1.54) is 24.7 Å². The predicted molar refractivity (Wildman–Crippen MR) is 87.5 cm³/mol. The van der Waals surface area contributed by atoms with E-state index in [4.69, 9.17) is 4.74 Å². The van der Waals surface area contributed by atoms with Crippen molar-refractivity contribution in [1.29, 1.82) is 0 Å². The van der Waals surface area contributed by atoms with Crippen molar-refractivity contribution in [1.82, 2.24) is 15.1 Å². The minimum atomic E-state index is -0.745. The second kappa shape index (κ2) is 8.61. The molecule has 0 aliphatic rings. The van der Waals surface area contributed by atoms with Gasteiger partial charge in [0.25, 0.3) is 11.5 Å². The fraction of sp³-hybridized carbons (Fsp3) is 0.294. The van der Waals surface area contributed by atoms with Gasteiger partial charge in [0.15, 0.2) is 12.3 Å². The van der Waals surface area contributed by atoms with E-state index >= 15 is 0 Å². The molecule has 2 rings (SSSR count). The number of aromatic nitrogens is 2. The lowest BCUT2D eigenvalue weighted by Gasteiger charge is -2.07. The van der Waals surface area contributed by atoms with Gasteiger partial charge in [-0.25, -0.2) is 9.48 Å². The van der Waals surface area contributed by atoms with E-state index in [2.05, 4.69) is 10.4 Å². The number of carbonyl (C=O) groups excluding carboxylic acids is 2. The number of hydrogen-bond donors (Lipinski definition) is 1. The summed E-state index contributed by atoms with van der Waals surface area (Å²) in [5.41, 5.74) is 0.857. The van der Waals surface area contributed by atoms with Crippen molar-refractivity contribution < 1.29 is 14.3 Å². The first-order valence-corrected chi connectivity index (χ1v) is 7.58. The third kappa shape index (κ3) is 5.35. The Hall–Kier alpha value is -2.96. The molecule has 1 aromatic heterocycles. The van der Waals surface area contributed by atoms with Gasteiger partial charge in [-0.2, -0.15) is 5.10 Å². The molecule has 0 spiro atoms. The Morgan fingerprint density at radius 3 is 2.62 bits per heavy atom. The van der Waals surface area contributed by atoms with Crippen LogP contribution < -0.4 is 10.9 Å². The van der Waals surface area contributed by atoms with Crippen LogP contribution in [0.15, 0.2) is 47.3 Å². The van der Waals surface area contributed by atoms with Crippen LogP contribution in [-0.2, 0) is 23.0 Å². The third-order valence-corrected chi connectivity index (χ3v) is 3.31. The lowest BCUT2D eigenvalue weighted by atomic mass is 10.1. The normalized spacial score (nSPS) is 10.2. The summed E-state index contributed by atoms with van der Waals surface area (Å²) in [6.45, 7) is 0.123. The summed E-state index contributed by atoms with van der Waals surface area (Å²) < 4.78 is 5.90. The first-order valence-electron chi connectivity index (χ1n) is 7.58. The van der Waals surface area contributed by atoms with Crippen molar-refractivity contribution in [2.24, 2.45) is 7.05 Å². The molecule has 2 aromatic rings. The summed E-state index contributed by atoms with van der Waals surface area (Å²) in [4.78, 5) is 34.6. The van der Waals surface area contributed by atoms with Gasteiger partial charge in [0, 0.05) is 19.7 Å². The molecule has 1 amide bonds. The van der Waals surface area contributed by atoms with Crippen LogP contribution in [0.4, 0.5) is 0 Å². The molecular weight excluding hydrogens is 310 g/mol. The van der Waals surface area contributed by atoms with Crippen LogP contribution in [0.2, 0.25) is 0 Å². The average Bonchev–Trinajstić information content (AvgIpc) is 2.60. The maximum Gasteiger partial charge on any atom is 0.359 e. The molecule has 0 aliphatic carbocycles. The number of benzene rings is 1. The van der Waals surface area contributed by atoms with Crippen LogP contribution >= 0.6 is 0 Å². The molecule has 0 saturated heterocycles. The van der Waals surface area contributed by atoms with Crippen LogP contribution in [-0.4, -0.2) is 34.8 Å². The summed E-state index contributed by atoms with van der Waals surface area (Å²) in [7, 11) is 1.43. The summed E-state index contributed by atoms with van der Waals surface area (Å²) in [5, 5.41) is 6.45. The van der Waals surface area contributed by atoms with E-state index in [-0.39, 0.29) is 23.8 Å². The van der Waals surface area contributed by atoms with E-state index in [0.29, 0.717) is 6.54 Å². The van der Waals surface area contributed by atoms with Crippen molar-refractivity contribution in [2.45, 2.75) is 12.8 Å². The average molecular weight is 329 g/mol. The Morgan fingerprint density at radius 1 is 1.17 bits per heavy atom. The van der Waals surface area contributed by atoms with Crippen LogP contribution in [0.5, 0.6) is 0 Å². The molecule has 0 unspecified atom stereocenters. The number of hydrogen-bond acceptors (Lipinski definition) is 5. The summed E-state index contributed by atoms with van der Waals surface area (Å²) >= 11 is 0. The minimum absolute atomic E-state index is 0.0195. The van der Waals surface area contributed by atoms with E-state index in [1.54, 1.807) is 0 Å². The Bertz CT molecular complexity index is 756. The number of esters is 1. The molecule has 126 valence electrons. The van der Waals surface area contributed by atoms with Gasteiger partial charge < -0.3 is 10.1 Å². The van der Waals surface area contributed by atoms with E-state index in [0.717, 1.165) is 17.5 Å². The molecule has 24 heavy (non-hydrogen) atoms. The lowest BCUT2D eigenvalue weighted by Crippen LogP contribution is -2.30. The SMILES string of the molecule is Cn1nc(C(=O)OCC(=O)NCCCc2ccccc2)ccc1=O. The number of nitrogens with one attached hydrogen (secondary N) is 1. The molecule has 0 saturated carbocycles. The topological polar surface area (TPSA) is 90.3 Å². The number of amides is 1. The van der Waals surface area contributed by atoms with Crippen LogP contribution in [0, 0.1) is 0 Å². The number of carbonyl (C=O) groups is 2. The Balaban J connectivity index is 1.68. The number of ether oxygens (including phenoxy) is 1. The second-order valence-electron chi connectivity index (χ2n) is 5.20. The van der Waals surface area contributed by atoms with Crippen molar-refractivity contribution in [2.75, 3.05) is 13.2 Å². The smallest absolute Gasteiger partial charge is 0.359 e. The maximum absolute atomic E-state index is 11.7. The monoisotopic (exact) mass is 329 g/mol. The molecule has 0 bridgehead atoms. The molecule has 1 aromatic carbocycles. The Labute approximate surface area is 139 Å². The van der Waals surface area contributed by atoms with E-state index < -0.39 is 5.97 Å². The second-order valence-corrected chi connectivity index (χ2v) is 5.20. The first kappa shape index (κ1) is 17.4. The van der Waals surface area contributed by atoms with Gasteiger partial charge >= 0.3 is 5.97 Å². The third-order valence-electron chi connectivity index (χ3n) is 3.31. The zero-order chi connectivity index (χ0) is 17.4. The highest BCUT2D eigenvalue weighted by Crippen LogP contribution is 2.01. The highest BCUT2D eigenvalue weighted by molar-refractivity contribution is 5.89. The predicted octanol–water partition coefficient (Wildman–Crippen LogP) is 0.686. The van der Waals surface area contributed by atoms with Crippen LogP contribution in [0.3, 0.4) is 0 Å². The number of aryl methyl sites for hydroxylation is 2. The molecule has 1 heterocycles. The molecule has 1 N–H and O–H groups in total. The lowest BCUT2D eigenvalue weighted by molar-refractivity contribution is -0.124. The van der Waals surface area contributed by atoms with E-state index in [9.17, 15) is 14.4 Å². The van der Waals surface area contributed by atoms with Crippen LogP contribution in [0.25, 0.3) is 0 Å². The molecule has 7 nitrogen and oxygen atoms in total. The summed E-state index contributed by atoms with van der Waals surface area (Å²) in [5.74, 6) is -1.12.